The Bertz CT molecular complexity index is 243. The molecule has 2 nitrogen and oxygen atoms in total. The molecule has 1 unspecified atom stereocenters. The maximum absolute atomic E-state index is 8.75. The number of likely N-dealkylation sites (tertiary alicyclic amines) is 1. The van der Waals surface area contributed by atoms with Gasteiger partial charge in [0.05, 0.1) is 6.07 Å². The first-order chi connectivity index (χ1) is 6.40. The van der Waals surface area contributed by atoms with E-state index in [0.29, 0.717) is 6.04 Å². The number of piperidine rings is 1. The first-order valence-electron chi connectivity index (χ1n) is 5.23. The SMILES string of the molecule is N#CC1=CCC(N2CCCCC2)C1. The van der Waals surface area contributed by atoms with E-state index >= 15 is 0 Å². The Morgan fingerprint density at radius 3 is 2.69 bits per heavy atom. The smallest absolute Gasteiger partial charge is 0.0944 e. The van der Waals surface area contributed by atoms with E-state index in [4.69, 9.17) is 5.26 Å². The van der Waals surface area contributed by atoms with Crippen molar-refractivity contribution in [3.05, 3.63) is 11.6 Å². The maximum Gasteiger partial charge on any atom is 0.0944 e. The minimum Gasteiger partial charge on any atom is -0.300 e. The summed E-state index contributed by atoms with van der Waals surface area (Å²) in [4.78, 5) is 2.56. The highest BCUT2D eigenvalue weighted by Gasteiger charge is 2.24. The second-order valence-electron chi connectivity index (χ2n) is 4.03. The molecule has 0 amide bonds. The van der Waals surface area contributed by atoms with E-state index in [1.54, 1.807) is 0 Å². The van der Waals surface area contributed by atoms with Gasteiger partial charge in [-0.3, -0.25) is 4.90 Å². The molecule has 2 aliphatic rings. The molecule has 0 spiro atoms. The summed E-state index contributed by atoms with van der Waals surface area (Å²) in [7, 11) is 0. The third kappa shape index (κ3) is 1.92. The van der Waals surface area contributed by atoms with Gasteiger partial charge < -0.3 is 0 Å². The maximum atomic E-state index is 8.75. The fourth-order valence-corrected chi connectivity index (χ4v) is 2.35. The summed E-state index contributed by atoms with van der Waals surface area (Å²) in [6.45, 7) is 2.49. The topological polar surface area (TPSA) is 27.0 Å². The van der Waals surface area contributed by atoms with Crippen molar-refractivity contribution >= 4 is 0 Å². The molecule has 0 aromatic carbocycles. The molecule has 1 aliphatic heterocycles. The summed E-state index contributed by atoms with van der Waals surface area (Å²) in [5.74, 6) is 0. The highest BCUT2D eigenvalue weighted by molar-refractivity contribution is 5.26. The van der Waals surface area contributed by atoms with Crippen LogP contribution in [0.15, 0.2) is 11.6 Å². The lowest BCUT2D eigenvalue weighted by atomic mass is 10.1. The fourth-order valence-electron chi connectivity index (χ4n) is 2.35. The van der Waals surface area contributed by atoms with E-state index in [0.717, 1.165) is 18.4 Å². The van der Waals surface area contributed by atoms with Crippen molar-refractivity contribution in [1.82, 2.24) is 4.90 Å². The van der Waals surface area contributed by atoms with Crippen LogP contribution in [-0.4, -0.2) is 24.0 Å². The lowest BCUT2D eigenvalue weighted by Crippen LogP contribution is -2.37. The van der Waals surface area contributed by atoms with Crippen LogP contribution in [0.1, 0.15) is 32.1 Å². The van der Waals surface area contributed by atoms with Crippen LogP contribution in [0.4, 0.5) is 0 Å². The summed E-state index contributed by atoms with van der Waals surface area (Å²) in [6.07, 6.45) is 8.29. The monoisotopic (exact) mass is 176 g/mol. The van der Waals surface area contributed by atoms with Gasteiger partial charge in [0.25, 0.3) is 0 Å². The van der Waals surface area contributed by atoms with Gasteiger partial charge in [0.2, 0.25) is 0 Å². The highest BCUT2D eigenvalue weighted by Crippen LogP contribution is 2.25. The van der Waals surface area contributed by atoms with Crippen LogP contribution in [0.5, 0.6) is 0 Å². The van der Waals surface area contributed by atoms with Crippen LogP contribution in [0, 0.1) is 11.3 Å². The van der Waals surface area contributed by atoms with Gasteiger partial charge in [0, 0.05) is 11.6 Å². The fraction of sp³-hybridized carbons (Fsp3) is 0.727. The largest absolute Gasteiger partial charge is 0.300 e. The minimum atomic E-state index is 0.648. The highest BCUT2D eigenvalue weighted by atomic mass is 15.2. The Morgan fingerprint density at radius 1 is 1.31 bits per heavy atom. The first kappa shape index (κ1) is 8.77. The molecule has 0 N–H and O–H groups in total. The standard InChI is InChI=1S/C11H16N2/c12-9-10-4-5-11(8-10)13-6-2-1-3-7-13/h4,11H,1-3,5-8H2. The van der Waals surface area contributed by atoms with Crippen LogP contribution < -0.4 is 0 Å². The van der Waals surface area contributed by atoms with Crippen LogP contribution in [0.2, 0.25) is 0 Å². The second kappa shape index (κ2) is 3.93. The van der Waals surface area contributed by atoms with E-state index in [2.05, 4.69) is 17.0 Å². The van der Waals surface area contributed by atoms with Gasteiger partial charge in [-0.25, -0.2) is 0 Å². The van der Waals surface area contributed by atoms with E-state index in [9.17, 15) is 0 Å². The zero-order valence-electron chi connectivity index (χ0n) is 8.00. The van der Waals surface area contributed by atoms with Crippen LogP contribution in [0.3, 0.4) is 0 Å². The summed E-state index contributed by atoms with van der Waals surface area (Å²) >= 11 is 0. The van der Waals surface area contributed by atoms with Gasteiger partial charge in [-0.05, 0) is 38.8 Å². The van der Waals surface area contributed by atoms with Gasteiger partial charge in [0.1, 0.15) is 0 Å². The van der Waals surface area contributed by atoms with Gasteiger partial charge in [-0.1, -0.05) is 12.5 Å². The van der Waals surface area contributed by atoms with Gasteiger partial charge in [-0.2, -0.15) is 5.26 Å². The van der Waals surface area contributed by atoms with Crippen LogP contribution in [-0.2, 0) is 0 Å². The normalized spacial score (nSPS) is 29.8. The average Bonchev–Trinajstić information content (AvgIpc) is 2.67. The van der Waals surface area contributed by atoms with E-state index < -0.39 is 0 Å². The Morgan fingerprint density at radius 2 is 2.08 bits per heavy atom. The van der Waals surface area contributed by atoms with Crippen molar-refractivity contribution in [2.45, 2.75) is 38.1 Å². The number of hydrogen-bond donors (Lipinski definition) is 0. The van der Waals surface area contributed by atoms with E-state index in [1.165, 1.54) is 32.4 Å². The van der Waals surface area contributed by atoms with E-state index in [-0.39, 0.29) is 0 Å². The van der Waals surface area contributed by atoms with E-state index in [1.807, 2.05) is 0 Å². The molecule has 1 aliphatic carbocycles. The Kier molecular flexibility index (Phi) is 2.65. The quantitative estimate of drug-likeness (QED) is 0.611. The Hall–Kier alpha value is -0.810. The zero-order chi connectivity index (χ0) is 9.10. The van der Waals surface area contributed by atoms with Crippen molar-refractivity contribution in [2.75, 3.05) is 13.1 Å². The molecule has 70 valence electrons. The first-order valence-corrected chi connectivity index (χ1v) is 5.23. The lowest BCUT2D eigenvalue weighted by Gasteiger charge is -2.32. The molecule has 0 saturated carbocycles. The van der Waals surface area contributed by atoms with Crippen molar-refractivity contribution in [3.63, 3.8) is 0 Å². The van der Waals surface area contributed by atoms with Gasteiger partial charge >= 0.3 is 0 Å². The summed E-state index contributed by atoms with van der Waals surface area (Å²) in [6, 6.07) is 2.92. The van der Waals surface area contributed by atoms with Crippen LogP contribution in [0.25, 0.3) is 0 Å². The number of nitrogens with zero attached hydrogens (tertiary/aromatic N) is 2. The van der Waals surface area contributed by atoms with Crippen molar-refractivity contribution in [2.24, 2.45) is 0 Å². The predicted octanol–water partition coefficient (Wildman–Crippen LogP) is 2.08. The summed E-state index contributed by atoms with van der Waals surface area (Å²) < 4.78 is 0. The molecule has 1 heterocycles. The molecule has 1 atom stereocenters. The molecule has 0 radical (unpaired) electrons. The molecule has 1 saturated heterocycles. The van der Waals surface area contributed by atoms with Crippen molar-refractivity contribution < 1.29 is 0 Å². The second-order valence-corrected chi connectivity index (χ2v) is 4.03. The third-order valence-electron chi connectivity index (χ3n) is 3.14. The molecular formula is C11H16N2. The molecule has 0 aromatic rings. The molecule has 1 fully saturated rings. The Labute approximate surface area is 79.8 Å². The van der Waals surface area contributed by atoms with Gasteiger partial charge in [0.15, 0.2) is 0 Å². The Balaban J connectivity index is 1.87. The predicted molar refractivity (Wildman–Crippen MR) is 52.1 cm³/mol. The minimum absolute atomic E-state index is 0.648. The molecule has 2 rings (SSSR count). The molecular weight excluding hydrogens is 160 g/mol. The molecule has 2 heteroatoms. The third-order valence-corrected chi connectivity index (χ3v) is 3.14. The average molecular weight is 176 g/mol. The summed E-state index contributed by atoms with van der Waals surface area (Å²) in [5, 5.41) is 8.75. The van der Waals surface area contributed by atoms with Crippen molar-refractivity contribution in [1.29, 1.82) is 5.26 Å². The number of nitriles is 1. The molecule has 13 heavy (non-hydrogen) atoms. The molecule has 0 aromatic heterocycles. The van der Waals surface area contributed by atoms with Crippen LogP contribution >= 0.6 is 0 Å². The lowest BCUT2D eigenvalue weighted by molar-refractivity contribution is 0.169. The summed E-state index contributed by atoms with van der Waals surface area (Å²) in [5.41, 5.74) is 0.996. The number of hydrogen-bond acceptors (Lipinski definition) is 2. The molecule has 0 bridgehead atoms. The van der Waals surface area contributed by atoms with Crippen molar-refractivity contribution in [3.8, 4) is 6.07 Å². The number of rotatable bonds is 1. The van der Waals surface area contributed by atoms with Gasteiger partial charge in [-0.15, -0.1) is 0 Å². The zero-order valence-corrected chi connectivity index (χ0v) is 8.00.